The molecule has 2 rings (SSSR count). The van der Waals surface area contributed by atoms with E-state index < -0.39 is 0 Å². The Bertz CT molecular complexity index is 263. The highest BCUT2D eigenvalue weighted by Gasteiger charge is 2.48. The summed E-state index contributed by atoms with van der Waals surface area (Å²) in [5.41, 5.74) is -0.0763. The van der Waals surface area contributed by atoms with Gasteiger partial charge in [0.1, 0.15) is 6.54 Å². The summed E-state index contributed by atoms with van der Waals surface area (Å²) in [6.07, 6.45) is 3.15. The molecule has 0 amide bonds. The molecule has 4 heteroatoms. The van der Waals surface area contributed by atoms with Crippen LogP contribution in [0.2, 0.25) is 0 Å². The van der Waals surface area contributed by atoms with Gasteiger partial charge in [0.05, 0.1) is 34.2 Å². The predicted octanol–water partition coefficient (Wildman–Crippen LogP) is 0.976. The van der Waals surface area contributed by atoms with Gasteiger partial charge in [0.2, 0.25) is 5.90 Å². The standard InChI is InChI=1S/C10H19N2O2/c1-12(2)6-4-5-10(8-12)7-9(13-3)11-14-10/h4-8H2,1-3H3/q+1. The number of oxime groups is 1. The summed E-state index contributed by atoms with van der Waals surface area (Å²) in [5.74, 6) is 0.742. The van der Waals surface area contributed by atoms with E-state index in [9.17, 15) is 0 Å². The van der Waals surface area contributed by atoms with E-state index in [-0.39, 0.29) is 5.60 Å². The number of ether oxygens (including phenoxy) is 1. The molecule has 0 aromatic heterocycles. The van der Waals surface area contributed by atoms with Crippen LogP contribution < -0.4 is 0 Å². The number of likely N-dealkylation sites (N-methyl/N-ethyl adjacent to an activating group) is 1. The second-order valence-electron chi connectivity index (χ2n) is 5.06. The molecule has 0 aliphatic carbocycles. The number of rotatable bonds is 0. The summed E-state index contributed by atoms with van der Waals surface area (Å²) in [5, 5.41) is 3.98. The van der Waals surface area contributed by atoms with Gasteiger partial charge in [-0.1, -0.05) is 5.16 Å². The van der Waals surface area contributed by atoms with Crippen LogP contribution in [0.4, 0.5) is 0 Å². The van der Waals surface area contributed by atoms with Crippen LogP contribution in [0.25, 0.3) is 0 Å². The van der Waals surface area contributed by atoms with E-state index in [4.69, 9.17) is 9.57 Å². The third-order valence-electron chi connectivity index (χ3n) is 3.16. The first kappa shape index (κ1) is 9.77. The molecule has 0 aromatic carbocycles. The van der Waals surface area contributed by atoms with Crippen LogP contribution in [0.1, 0.15) is 19.3 Å². The van der Waals surface area contributed by atoms with E-state index in [0.29, 0.717) is 0 Å². The molecule has 80 valence electrons. The molecule has 14 heavy (non-hydrogen) atoms. The Morgan fingerprint density at radius 1 is 1.50 bits per heavy atom. The normalized spacial score (nSPS) is 35.2. The van der Waals surface area contributed by atoms with E-state index >= 15 is 0 Å². The molecule has 4 nitrogen and oxygen atoms in total. The van der Waals surface area contributed by atoms with Gasteiger partial charge in [-0.2, -0.15) is 0 Å². The fourth-order valence-corrected chi connectivity index (χ4v) is 2.58. The van der Waals surface area contributed by atoms with Crippen LogP contribution in [0.15, 0.2) is 5.16 Å². The summed E-state index contributed by atoms with van der Waals surface area (Å²) >= 11 is 0. The first-order valence-corrected chi connectivity index (χ1v) is 5.16. The Balaban J connectivity index is 2.05. The molecule has 0 N–H and O–H groups in total. The number of likely N-dealkylation sites (tertiary alicyclic amines) is 1. The lowest BCUT2D eigenvalue weighted by atomic mass is 9.89. The van der Waals surface area contributed by atoms with Crippen LogP contribution in [0.5, 0.6) is 0 Å². The van der Waals surface area contributed by atoms with Crippen molar-refractivity contribution in [3.05, 3.63) is 0 Å². The lowest BCUT2D eigenvalue weighted by molar-refractivity contribution is -0.902. The van der Waals surface area contributed by atoms with Crippen molar-refractivity contribution in [2.75, 3.05) is 34.3 Å². The Morgan fingerprint density at radius 2 is 2.29 bits per heavy atom. The number of nitrogens with zero attached hydrogens (tertiary/aromatic N) is 2. The Labute approximate surface area is 85.1 Å². The van der Waals surface area contributed by atoms with Gasteiger partial charge in [-0.25, -0.2) is 0 Å². The molecule has 1 saturated heterocycles. The zero-order valence-corrected chi connectivity index (χ0v) is 9.25. The average molecular weight is 199 g/mol. The molecule has 0 bridgehead atoms. The molecule has 1 fully saturated rings. The van der Waals surface area contributed by atoms with Gasteiger partial charge in [0, 0.05) is 12.8 Å². The second kappa shape index (κ2) is 3.12. The van der Waals surface area contributed by atoms with Crippen molar-refractivity contribution in [1.29, 1.82) is 0 Å². The minimum Gasteiger partial charge on any atom is -0.482 e. The zero-order valence-electron chi connectivity index (χ0n) is 9.25. The number of hydrogen-bond donors (Lipinski definition) is 0. The van der Waals surface area contributed by atoms with Crippen molar-refractivity contribution in [1.82, 2.24) is 0 Å². The molecule has 1 unspecified atom stereocenters. The van der Waals surface area contributed by atoms with Crippen molar-refractivity contribution in [2.45, 2.75) is 24.9 Å². The molecule has 2 aliphatic rings. The largest absolute Gasteiger partial charge is 0.482 e. The van der Waals surface area contributed by atoms with Gasteiger partial charge in [-0.15, -0.1) is 0 Å². The Morgan fingerprint density at radius 3 is 2.86 bits per heavy atom. The van der Waals surface area contributed by atoms with Gasteiger partial charge < -0.3 is 14.1 Å². The maximum Gasteiger partial charge on any atom is 0.229 e. The molecule has 0 radical (unpaired) electrons. The van der Waals surface area contributed by atoms with E-state index in [1.165, 1.54) is 13.0 Å². The molecule has 2 heterocycles. The van der Waals surface area contributed by atoms with Gasteiger partial charge in [-0.3, -0.25) is 0 Å². The number of methoxy groups -OCH3 is 1. The van der Waals surface area contributed by atoms with Crippen molar-refractivity contribution in [2.24, 2.45) is 5.16 Å². The van der Waals surface area contributed by atoms with E-state index in [1.807, 2.05) is 0 Å². The number of hydrogen-bond acceptors (Lipinski definition) is 3. The fraction of sp³-hybridized carbons (Fsp3) is 0.900. The molecule has 0 saturated carbocycles. The predicted molar refractivity (Wildman–Crippen MR) is 54.0 cm³/mol. The molecule has 1 spiro atoms. The van der Waals surface area contributed by atoms with Crippen molar-refractivity contribution in [3.8, 4) is 0 Å². The maximum absolute atomic E-state index is 5.57. The van der Waals surface area contributed by atoms with Gasteiger partial charge in [0.25, 0.3) is 0 Å². The van der Waals surface area contributed by atoms with Crippen LogP contribution in [-0.2, 0) is 9.57 Å². The van der Waals surface area contributed by atoms with Crippen LogP contribution >= 0.6 is 0 Å². The van der Waals surface area contributed by atoms with Crippen molar-refractivity contribution in [3.63, 3.8) is 0 Å². The summed E-state index contributed by atoms with van der Waals surface area (Å²) in [4.78, 5) is 5.57. The topological polar surface area (TPSA) is 30.8 Å². The van der Waals surface area contributed by atoms with Crippen molar-refractivity contribution < 1.29 is 14.1 Å². The molecular formula is C10H19N2O2+. The third-order valence-corrected chi connectivity index (χ3v) is 3.16. The SMILES string of the molecule is COC1=NOC2(CCC[N+](C)(C)C2)C1. The lowest BCUT2D eigenvalue weighted by Crippen LogP contribution is -2.56. The Kier molecular flexibility index (Phi) is 2.18. The zero-order chi connectivity index (χ0) is 10.2. The molecule has 2 aliphatic heterocycles. The monoisotopic (exact) mass is 199 g/mol. The van der Waals surface area contributed by atoms with E-state index in [1.54, 1.807) is 7.11 Å². The highest BCUT2D eigenvalue weighted by Crippen LogP contribution is 2.34. The van der Waals surface area contributed by atoms with Gasteiger partial charge in [-0.05, 0) is 0 Å². The average Bonchev–Trinajstić information content (AvgIpc) is 2.46. The third kappa shape index (κ3) is 1.71. The summed E-state index contributed by atoms with van der Waals surface area (Å²) in [7, 11) is 6.15. The summed E-state index contributed by atoms with van der Waals surface area (Å²) < 4.78 is 6.15. The summed E-state index contributed by atoms with van der Waals surface area (Å²) in [6, 6.07) is 0. The smallest absolute Gasteiger partial charge is 0.229 e. The quantitative estimate of drug-likeness (QED) is 0.544. The minimum atomic E-state index is -0.0763. The molecular weight excluding hydrogens is 180 g/mol. The van der Waals surface area contributed by atoms with E-state index in [0.717, 1.165) is 29.8 Å². The highest BCUT2D eigenvalue weighted by molar-refractivity contribution is 5.77. The lowest BCUT2D eigenvalue weighted by Gasteiger charge is -2.41. The maximum atomic E-state index is 5.57. The fourth-order valence-electron chi connectivity index (χ4n) is 2.58. The first-order valence-electron chi connectivity index (χ1n) is 5.16. The molecule has 1 atom stereocenters. The van der Waals surface area contributed by atoms with Crippen LogP contribution in [-0.4, -0.2) is 50.3 Å². The number of piperidine rings is 1. The second-order valence-corrected chi connectivity index (χ2v) is 5.06. The van der Waals surface area contributed by atoms with Gasteiger partial charge in [0.15, 0.2) is 5.60 Å². The van der Waals surface area contributed by atoms with Gasteiger partial charge >= 0.3 is 0 Å². The van der Waals surface area contributed by atoms with Crippen LogP contribution in [0.3, 0.4) is 0 Å². The summed E-state index contributed by atoms with van der Waals surface area (Å²) in [6.45, 7) is 2.26. The first-order chi connectivity index (χ1) is 6.55. The Hall–Kier alpha value is -0.770. The van der Waals surface area contributed by atoms with E-state index in [2.05, 4.69) is 19.3 Å². The minimum absolute atomic E-state index is 0.0763. The van der Waals surface area contributed by atoms with Crippen LogP contribution in [0, 0.1) is 0 Å². The highest BCUT2D eigenvalue weighted by atomic mass is 16.7. The van der Waals surface area contributed by atoms with Crippen molar-refractivity contribution >= 4 is 5.90 Å². The molecule has 0 aromatic rings. The number of quaternary nitrogens is 1.